The van der Waals surface area contributed by atoms with Crippen molar-refractivity contribution in [1.29, 1.82) is 0 Å². The fourth-order valence-electron chi connectivity index (χ4n) is 2.77. The predicted molar refractivity (Wildman–Crippen MR) is 98.1 cm³/mol. The van der Waals surface area contributed by atoms with E-state index in [1.165, 1.54) is 6.92 Å². The molecule has 29 heavy (non-hydrogen) atoms. The molecule has 0 aliphatic carbocycles. The smallest absolute Gasteiger partial charge is 0.407 e. The number of carbonyl (C=O) groups excluding carboxylic acids is 3. The third-order valence-corrected chi connectivity index (χ3v) is 4.21. The second kappa shape index (κ2) is 10.7. The van der Waals surface area contributed by atoms with Crippen molar-refractivity contribution in [2.75, 3.05) is 13.2 Å². The van der Waals surface area contributed by atoms with E-state index in [1.54, 1.807) is 24.3 Å². The highest BCUT2D eigenvalue weighted by Crippen LogP contribution is 2.20. The number of rotatable bonds is 7. The first-order valence-corrected chi connectivity index (χ1v) is 8.95. The zero-order chi connectivity index (χ0) is 21.4. The number of nitrogens with one attached hydrogen (secondary N) is 3. The van der Waals surface area contributed by atoms with Crippen LogP contribution in [0.25, 0.3) is 0 Å². The lowest BCUT2D eigenvalue weighted by Gasteiger charge is -2.42. The molecule has 0 unspecified atom stereocenters. The van der Waals surface area contributed by atoms with Crippen LogP contribution in [0.3, 0.4) is 0 Å². The average molecular weight is 411 g/mol. The minimum atomic E-state index is -1.49. The highest BCUT2D eigenvalue weighted by atomic mass is 16.6. The molecule has 6 N–H and O–H groups in total. The summed E-state index contributed by atoms with van der Waals surface area (Å²) >= 11 is 0. The number of alkyl carbamates (subject to hydrolysis) is 1. The van der Waals surface area contributed by atoms with Crippen molar-refractivity contribution in [1.82, 2.24) is 16.0 Å². The summed E-state index contributed by atoms with van der Waals surface area (Å²) in [6.45, 7) is 0.164. The minimum absolute atomic E-state index is 0.0346. The van der Waals surface area contributed by atoms with E-state index in [4.69, 9.17) is 9.47 Å². The van der Waals surface area contributed by atoms with Crippen LogP contribution in [-0.4, -0.2) is 77.0 Å². The van der Waals surface area contributed by atoms with Gasteiger partial charge in [-0.25, -0.2) is 4.79 Å². The van der Waals surface area contributed by atoms with Gasteiger partial charge in [-0.1, -0.05) is 30.3 Å². The second-order valence-electron chi connectivity index (χ2n) is 6.47. The molecule has 0 spiro atoms. The minimum Gasteiger partial charge on any atom is -0.445 e. The fraction of sp³-hybridized carbons (Fsp3) is 0.500. The van der Waals surface area contributed by atoms with Gasteiger partial charge in [0.05, 0.1) is 6.61 Å². The van der Waals surface area contributed by atoms with Crippen LogP contribution in [0, 0.1) is 0 Å². The molecule has 2 rings (SSSR count). The van der Waals surface area contributed by atoms with Crippen LogP contribution in [0.5, 0.6) is 0 Å². The predicted octanol–water partition coefficient (Wildman–Crippen LogP) is -2.03. The molecular formula is C18H25N3O8. The Labute approximate surface area is 167 Å². The van der Waals surface area contributed by atoms with Crippen molar-refractivity contribution in [3.05, 3.63) is 35.9 Å². The standard InChI is InChI=1S/C18H25N3O8/c1-10(23)20-14-16(26)15(25)12(8-22)29-17(14)21-13(24)7-19-18(27)28-9-11-5-3-2-4-6-11/h2-6,12,14-17,22,25-26H,7-9H2,1H3,(H,19,27)(H,20,23)(H,21,24)/t12-,14-,15-,16-,17-/m1/s1. The van der Waals surface area contributed by atoms with Gasteiger partial charge in [-0.3, -0.25) is 9.59 Å². The monoisotopic (exact) mass is 411 g/mol. The molecule has 11 nitrogen and oxygen atoms in total. The topological polar surface area (TPSA) is 166 Å². The zero-order valence-electron chi connectivity index (χ0n) is 15.8. The maximum atomic E-state index is 12.1. The van der Waals surface area contributed by atoms with Gasteiger partial charge in [0.25, 0.3) is 0 Å². The molecular weight excluding hydrogens is 386 g/mol. The van der Waals surface area contributed by atoms with Crippen LogP contribution >= 0.6 is 0 Å². The molecule has 11 heteroatoms. The Bertz CT molecular complexity index is 702. The number of ether oxygens (including phenoxy) is 2. The maximum absolute atomic E-state index is 12.1. The molecule has 1 aliphatic rings. The molecule has 0 aromatic heterocycles. The summed E-state index contributed by atoms with van der Waals surface area (Å²) in [6, 6.07) is 7.82. The van der Waals surface area contributed by atoms with Gasteiger partial charge in [-0.2, -0.15) is 0 Å². The van der Waals surface area contributed by atoms with E-state index in [-0.39, 0.29) is 6.61 Å². The van der Waals surface area contributed by atoms with Gasteiger partial charge in [-0.05, 0) is 5.56 Å². The largest absolute Gasteiger partial charge is 0.445 e. The molecule has 0 radical (unpaired) electrons. The molecule has 1 heterocycles. The summed E-state index contributed by atoms with van der Waals surface area (Å²) in [7, 11) is 0. The van der Waals surface area contributed by atoms with E-state index in [9.17, 15) is 29.7 Å². The van der Waals surface area contributed by atoms with Crippen molar-refractivity contribution in [2.24, 2.45) is 0 Å². The van der Waals surface area contributed by atoms with Crippen LogP contribution in [0.4, 0.5) is 4.79 Å². The van der Waals surface area contributed by atoms with Crippen molar-refractivity contribution in [2.45, 2.75) is 44.1 Å². The van der Waals surface area contributed by atoms with Crippen molar-refractivity contribution in [3.8, 4) is 0 Å². The van der Waals surface area contributed by atoms with E-state index in [0.717, 1.165) is 5.56 Å². The number of aliphatic hydroxyl groups is 3. The highest BCUT2D eigenvalue weighted by Gasteiger charge is 2.45. The van der Waals surface area contributed by atoms with Gasteiger partial charge in [0.15, 0.2) is 6.23 Å². The van der Waals surface area contributed by atoms with Crippen molar-refractivity contribution >= 4 is 17.9 Å². The molecule has 160 valence electrons. The average Bonchev–Trinajstić information content (AvgIpc) is 2.70. The Kier molecular flexibility index (Phi) is 8.34. The first-order chi connectivity index (χ1) is 13.8. The third kappa shape index (κ3) is 6.68. The normalized spacial score (nSPS) is 26.3. The Hall–Kier alpha value is -2.73. The molecule has 5 atom stereocenters. The summed E-state index contributed by atoms with van der Waals surface area (Å²) in [5, 5.41) is 36.4. The number of benzene rings is 1. The number of amides is 3. The molecule has 1 aromatic rings. The van der Waals surface area contributed by atoms with E-state index in [1.807, 2.05) is 6.07 Å². The van der Waals surface area contributed by atoms with Gasteiger partial charge >= 0.3 is 6.09 Å². The first kappa shape index (κ1) is 22.6. The summed E-state index contributed by atoms with van der Waals surface area (Å²) < 4.78 is 10.3. The Morgan fingerprint density at radius 2 is 1.79 bits per heavy atom. The molecule has 3 amide bonds. The summed E-state index contributed by atoms with van der Waals surface area (Å²) in [5.41, 5.74) is 0.781. The lowest BCUT2D eigenvalue weighted by molar-refractivity contribution is -0.203. The van der Waals surface area contributed by atoms with Gasteiger partial charge in [-0.15, -0.1) is 0 Å². The number of hydrogen-bond acceptors (Lipinski definition) is 8. The molecule has 1 fully saturated rings. The molecule has 0 saturated carbocycles. The van der Waals surface area contributed by atoms with Crippen LogP contribution in [-0.2, 0) is 25.7 Å². The lowest BCUT2D eigenvalue weighted by atomic mass is 9.96. The molecule has 0 bridgehead atoms. The lowest BCUT2D eigenvalue weighted by Crippen LogP contribution is -2.68. The van der Waals surface area contributed by atoms with Gasteiger partial charge in [0.1, 0.15) is 37.5 Å². The van der Waals surface area contributed by atoms with E-state index in [0.29, 0.717) is 0 Å². The van der Waals surface area contributed by atoms with E-state index >= 15 is 0 Å². The second-order valence-corrected chi connectivity index (χ2v) is 6.47. The molecule has 1 aliphatic heterocycles. The number of aliphatic hydroxyl groups excluding tert-OH is 3. The first-order valence-electron chi connectivity index (χ1n) is 8.95. The van der Waals surface area contributed by atoms with Gasteiger partial charge in [0, 0.05) is 6.92 Å². The van der Waals surface area contributed by atoms with Gasteiger partial charge in [0.2, 0.25) is 11.8 Å². The molecule has 1 saturated heterocycles. The third-order valence-electron chi connectivity index (χ3n) is 4.21. The van der Waals surface area contributed by atoms with Crippen LogP contribution in [0.1, 0.15) is 12.5 Å². The number of carbonyl (C=O) groups is 3. The summed E-state index contributed by atoms with van der Waals surface area (Å²) in [6.07, 6.45) is -6.15. The zero-order valence-corrected chi connectivity index (χ0v) is 15.8. The Balaban J connectivity index is 1.86. The SMILES string of the molecule is CC(=O)N[C@@H]1[C@@H](O)[C@H](O)[C@@H](CO)O[C@H]1NC(=O)CNC(=O)OCc1ccccc1. The highest BCUT2D eigenvalue weighted by molar-refractivity contribution is 5.82. The van der Waals surface area contributed by atoms with Crippen LogP contribution in [0.2, 0.25) is 0 Å². The quantitative estimate of drug-likeness (QED) is 0.299. The van der Waals surface area contributed by atoms with E-state index < -0.39 is 61.6 Å². The summed E-state index contributed by atoms with van der Waals surface area (Å²) in [5.74, 6) is -1.21. The summed E-state index contributed by atoms with van der Waals surface area (Å²) in [4.78, 5) is 35.2. The number of hydrogen-bond donors (Lipinski definition) is 6. The van der Waals surface area contributed by atoms with Crippen LogP contribution < -0.4 is 16.0 Å². The maximum Gasteiger partial charge on any atom is 0.407 e. The fourth-order valence-corrected chi connectivity index (χ4v) is 2.77. The Morgan fingerprint density at radius 3 is 2.41 bits per heavy atom. The Morgan fingerprint density at radius 1 is 1.10 bits per heavy atom. The van der Waals surface area contributed by atoms with Crippen LogP contribution in [0.15, 0.2) is 30.3 Å². The van der Waals surface area contributed by atoms with Crippen molar-refractivity contribution < 1.29 is 39.2 Å². The van der Waals surface area contributed by atoms with E-state index in [2.05, 4.69) is 16.0 Å². The molecule has 1 aromatic carbocycles. The van der Waals surface area contributed by atoms with Crippen molar-refractivity contribution in [3.63, 3.8) is 0 Å². The van der Waals surface area contributed by atoms with Gasteiger partial charge < -0.3 is 40.7 Å².